The average molecular weight is 428 g/mol. The highest BCUT2D eigenvalue weighted by Gasteiger charge is 2.47. The molecule has 0 saturated heterocycles. The molecular formula is C26H37NO2S. The van der Waals surface area contributed by atoms with Gasteiger partial charge in [0.1, 0.15) is 0 Å². The van der Waals surface area contributed by atoms with Crippen molar-refractivity contribution in [1.82, 2.24) is 0 Å². The van der Waals surface area contributed by atoms with Gasteiger partial charge in [0.25, 0.3) is 0 Å². The third-order valence-electron chi connectivity index (χ3n) is 6.67. The number of nitrogens with zero attached hydrogens (tertiary/aromatic N) is 1. The van der Waals surface area contributed by atoms with Gasteiger partial charge in [-0.25, -0.2) is 0 Å². The van der Waals surface area contributed by atoms with Crippen molar-refractivity contribution in [1.29, 1.82) is 0 Å². The third kappa shape index (κ3) is 4.65. The van der Waals surface area contributed by atoms with Crippen LogP contribution in [0.4, 0.5) is 5.69 Å². The fraction of sp³-hybridized carbons (Fsp3) is 0.538. The van der Waals surface area contributed by atoms with Gasteiger partial charge >= 0.3 is 0 Å². The van der Waals surface area contributed by atoms with E-state index in [0.717, 1.165) is 60.2 Å². The lowest BCUT2D eigenvalue weighted by molar-refractivity contribution is 0.0131. The van der Waals surface area contributed by atoms with Crippen LogP contribution in [0.15, 0.2) is 53.4 Å². The fourth-order valence-corrected chi connectivity index (χ4v) is 6.66. The quantitative estimate of drug-likeness (QED) is 0.584. The van der Waals surface area contributed by atoms with Crippen molar-refractivity contribution in [3.63, 3.8) is 0 Å². The minimum atomic E-state index is -1.12. The number of benzene rings is 2. The van der Waals surface area contributed by atoms with E-state index >= 15 is 0 Å². The maximum absolute atomic E-state index is 13.6. The Bertz CT molecular complexity index is 841. The van der Waals surface area contributed by atoms with E-state index in [9.17, 15) is 9.32 Å². The molecule has 1 aliphatic rings. The van der Waals surface area contributed by atoms with Gasteiger partial charge in [0.05, 0.1) is 16.9 Å². The Hall–Kier alpha value is -1.65. The molecule has 1 N–H and O–H groups in total. The summed E-state index contributed by atoms with van der Waals surface area (Å²) in [6.45, 7) is 4.39. The van der Waals surface area contributed by atoms with Crippen molar-refractivity contribution in [2.24, 2.45) is 5.41 Å². The Morgan fingerprint density at radius 2 is 1.67 bits per heavy atom. The molecule has 164 valence electrons. The zero-order valence-electron chi connectivity index (χ0n) is 18.9. The van der Waals surface area contributed by atoms with E-state index < -0.39 is 16.9 Å². The van der Waals surface area contributed by atoms with Crippen molar-refractivity contribution in [3.05, 3.63) is 59.7 Å². The average Bonchev–Trinajstić information content (AvgIpc) is 2.84. The molecule has 3 atom stereocenters. The number of unbranched alkanes of at least 4 members (excludes halogenated alkanes) is 2. The molecule has 1 heterocycles. The second-order valence-electron chi connectivity index (χ2n) is 9.01. The number of aliphatic hydroxyl groups is 1. The van der Waals surface area contributed by atoms with E-state index in [2.05, 4.69) is 43.0 Å². The first-order valence-corrected chi connectivity index (χ1v) is 12.7. The Kier molecular flexibility index (Phi) is 7.75. The number of fused-ring (bicyclic) bond motifs is 1. The minimum absolute atomic E-state index is 0.165. The van der Waals surface area contributed by atoms with E-state index in [-0.39, 0.29) is 11.3 Å². The molecule has 3 nitrogen and oxygen atoms in total. The molecule has 0 saturated carbocycles. The number of rotatable bonds is 8. The molecule has 0 fully saturated rings. The third-order valence-corrected chi connectivity index (χ3v) is 8.37. The van der Waals surface area contributed by atoms with Crippen LogP contribution in [0.5, 0.6) is 0 Å². The maximum atomic E-state index is 13.6. The van der Waals surface area contributed by atoms with Crippen LogP contribution in [0.25, 0.3) is 0 Å². The SMILES string of the molecule is CCCCC1(CCCC)CS(=O)c2ccc(N(C)C)cc2C(c2ccccc2)[C@H]1O. The second kappa shape index (κ2) is 10.1. The van der Waals surface area contributed by atoms with Crippen molar-refractivity contribution in [3.8, 4) is 0 Å². The number of anilines is 1. The van der Waals surface area contributed by atoms with Gasteiger partial charge in [-0.15, -0.1) is 0 Å². The first-order valence-electron chi connectivity index (χ1n) is 11.4. The molecule has 30 heavy (non-hydrogen) atoms. The molecule has 2 unspecified atom stereocenters. The summed E-state index contributed by atoms with van der Waals surface area (Å²) in [5, 5.41) is 12.0. The predicted octanol–water partition coefficient (Wildman–Crippen LogP) is 5.73. The molecule has 0 bridgehead atoms. The van der Waals surface area contributed by atoms with Gasteiger partial charge in [-0.2, -0.15) is 0 Å². The van der Waals surface area contributed by atoms with Crippen LogP contribution in [-0.4, -0.2) is 35.3 Å². The minimum Gasteiger partial charge on any atom is -0.392 e. The van der Waals surface area contributed by atoms with Crippen molar-refractivity contribution >= 4 is 16.5 Å². The second-order valence-corrected chi connectivity index (χ2v) is 10.4. The van der Waals surface area contributed by atoms with Crippen LogP contribution >= 0.6 is 0 Å². The van der Waals surface area contributed by atoms with Crippen LogP contribution in [0, 0.1) is 5.41 Å². The summed E-state index contributed by atoms with van der Waals surface area (Å²) in [6, 6.07) is 16.5. The molecule has 0 spiro atoms. The Labute approximate surface area is 185 Å². The number of aliphatic hydroxyl groups excluding tert-OH is 1. The number of hydrogen-bond donors (Lipinski definition) is 1. The van der Waals surface area contributed by atoms with Crippen molar-refractivity contribution in [2.45, 2.75) is 69.3 Å². The van der Waals surface area contributed by atoms with Crippen LogP contribution < -0.4 is 4.90 Å². The molecule has 2 aromatic carbocycles. The standard InChI is InChI=1S/C26H37NO2S/c1-5-7-16-26(17-8-6-2)19-30(29)23-15-14-21(27(3)4)18-22(23)24(25(26)28)20-12-10-9-11-13-20/h9-15,18,24-25,28H,5-8,16-17,19H2,1-4H3/t24?,25-,30?/m1/s1. The normalized spacial score (nSPS) is 22.9. The van der Waals surface area contributed by atoms with Gasteiger partial charge in [0.2, 0.25) is 0 Å². The lowest BCUT2D eigenvalue weighted by Crippen LogP contribution is -2.42. The van der Waals surface area contributed by atoms with Crippen LogP contribution in [0.3, 0.4) is 0 Å². The fourth-order valence-electron chi connectivity index (χ4n) is 4.86. The molecule has 0 amide bonds. The zero-order chi connectivity index (χ0) is 21.7. The molecule has 0 aromatic heterocycles. The summed E-state index contributed by atoms with van der Waals surface area (Å²) >= 11 is 0. The van der Waals surface area contributed by atoms with Crippen LogP contribution in [0.1, 0.15) is 69.4 Å². The van der Waals surface area contributed by atoms with E-state index in [0.29, 0.717) is 5.75 Å². The van der Waals surface area contributed by atoms with E-state index in [4.69, 9.17) is 0 Å². The van der Waals surface area contributed by atoms with Gasteiger partial charge < -0.3 is 10.0 Å². The summed E-state index contributed by atoms with van der Waals surface area (Å²) in [5.41, 5.74) is 2.88. The Morgan fingerprint density at radius 3 is 2.23 bits per heavy atom. The summed E-state index contributed by atoms with van der Waals surface area (Å²) in [7, 11) is 2.92. The first-order chi connectivity index (χ1) is 14.4. The smallest absolute Gasteiger partial charge is 0.0714 e. The zero-order valence-corrected chi connectivity index (χ0v) is 19.8. The molecular weight excluding hydrogens is 390 g/mol. The number of hydrogen-bond acceptors (Lipinski definition) is 3. The topological polar surface area (TPSA) is 40.5 Å². The summed E-state index contributed by atoms with van der Waals surface area (Å²) in [4.78, 5) is 2.97. The van der Waals surface area contributed by atoms with Crippen molar-refractivity contribution in [2.75, 3.05) is 24.7 Å². The largest absolute Gasteiger partial charge is 0.392 e. The highest BCUT2D eigenvalue weighted by molar-refractivity contribution is 7.85. The monoisotopic (exact) mass is 427 g/mol. The molecule has 0 radical (unpaired) electrons. The molecule has 0 aliphatic carbocycles. The van der Waals surface area contributed by atoms with Crippen LogP contribution in [-0.2, 0) is 10.8 Å². The lowest BCUT2D eigenvalue weighted by atomic mass is 9.68. The molecule has 2 aromatic rings. The molecule has 1 aliphatic heterocycles. The summed E-state index contributed by atoms with van der Waals surface area (Å²) < 4.78 is 13.6. The summed E-state index contributed by atoms with van der Waals surface area (Å²) in [6.07, 6.45) is 5.57. The Balaban J connectivity index is 2.21. The van der Waals surface area contributed by atoms with Gasteiger partial charge in [-0.05, 0) is 42.2 Å². The Morgan fingerprint density at radius 1 is 1.03 bits per heavy atom. The predicted molar refractivity (Wildman–Crippen MR) is 128 cm³/mol. The maximum Gasteiger partial charge on any atom is 0.0714 e. The first kappa shape index (κ1) is 23.0. The summed E-state index contributed by atoms with van der Waals surface area (Å²) in [5.74, 6) is 0.382. The van der Waals surface area contributed by atoms with Gasteiger partial charge in [0, 0.05) is 41.8 Å². The van der Waals surface area contributed by atoms with E-state index in [1.807, 2.05) is 38.4 Å². The van der Waals surface area contributed by atoms with Gasteiger partial charge in [0.15, 0.2) is 0 Å². The van der Waals surface area contributed by atoms with Gasteiger partial charge in [-0.3, -0.25) is 4.21 Å². The van der Waals surface area contributed by atoms with E-state index in [1.54, 1.807) is 0 Å². The van der Waals surface area contributed by atoms with Crippen LogP contribution in [0.2, 0.25) is 0 Å². The highest BCUT2D eigenvalue weighted by Crippen LogP contribution is 2.49. The van der Waals surface area contributed by atoms with Gasteiger partial charge in [-0.1, -0.05) is 69.9 Å². The highest BCUT2D eigenvalue weighted by atomic mass is 32.2. The van der Waals surface area contributed by atoms with E-state index in [1.165, 1.54) is 0 Å². The lowest BCUT2D eigenvalue weighted by Gasteiger charge is -2.40. The molecule has 4 heteroatoms. The van der Waals surface area contributed by atoms with Crippen molar-refractivity contribution < 1.29 is 9.32 Å². The molecule has 3 rings (SSSR count).